The molecule has 1 heterocycles. The fourth-order valence-electron chi connectivity index (χ4n) is 2.94. The number of methoxy groups -OCH3 is 1. The van der Waals surface area contributed by atoms with E-state index in [-0.39, 0.29) is 5.91 Å². The van der Waals surface area contributed by atoms with Crippen molar-refractivity contribution < 1.29 is 14.3 Å². The standard InChI is InChI=1S/C22H25N3O3/c1-5-19-21(27-4)20(25(3)24-19)22(26)23-14-16-8-12-18(13-9-16)28-17-10-6-15(2)7-11-17/h6-13H,5,14H2,1-4H3,(H,23,26). The van der Waals surface area contributed by atoms with Crippen LogP contribution >= 0.6 is 0 Å². The van der Waals surface area contributed by atoms with Crippen molar-refractivity contribution in [3.63, 3.8) is 0 Å². The van der Waals surface area contributed by atoms with Gasteiger partial charge in [-0.3, -0.25) is 9.48 Å². The van der Waals surface area contributed by atoms with Gasteiger partial charge in [-0.2, -0.15) is 5.10 Å². The predicted octanol–water partition coefficient (Wildman–Crippen LogP) is 4.02. The monoisotopic (exact) mass is 379 g/mol. The van der Waals surface area contributed by atoms with Gasteiger partial charge in [-0.1, -0.05) is 36.8 Å². The average molecular weight is 379 g/mol. The zero-order valence-corrected chi connectivity index (χ0v) is 16.7. The lowest BCUT2D eigenvalue weighted by atomic mass is 10.2. The molecule has 6 nitrogen and oxygen atoms in total. The summed E-state index contributed by atoms with van der Waals surface area (Å²) in [6, 6.07) is 15.5. The van der Waals surface area contributed by atoms with Crippen molar-refractivity contribution >= 4 is 5.91 Å². The summed E-state index contributed by atoms with van der Waals surface area (Å²) in [6.45, 7) is 4.42. The van der Waals surface area contributed by atoms with E-state index in [1.54, 1.807) is 18.8 Å². The van der Waals surface area contributed by atoms with E-state index >= 15 is 0 Å². The van der Waals surface area contributed by atoms with E-state index in [9.17, 15) is 4.79 Å². The van der Waals surface area contributed by atoms with E-state index in [0.717, 1.165) is 22.8 Å². The lowest BCUT2D eigenvalue weighted by molar-refractivity contribution is 0.0938. The van der Waals surface area contributed by atoms with Gasteiger partial charge in [-0.05, 0) is 43.2 Å². The molecular weight excluding hydrogens is 354 g/mol. The second-order valence-electron chi connectivity index (χ2n) is 6.55. The van der Waals surface area contributed by atoms with Gasteiger partial charge in [0.2, 0.25) is 0 Å². The van der Waals surface area contributed by atoms with Gasteiger partial charge in [0, 0.05) is 13.6 Å². The molecule has 0 fully saturated rings. The third-order valence-electron chi connectivity index (χ3n) is 4.46. The highest BCUT2D eigenvalue weighted by molar-refractivity contribution is 5.95. The number of nitrogens with zero attached hydrogens (tertiary/aromatic N) is 2. The zero-order chi connectivity index (χ0) is 20.1. The molecule has 0 aliphatic carbocycles. The number of aryl methyl sites for hydroxylation is 3. The van der Waals surface area contributed by atoms with Crippen LogP contribution < -0.4 is 14.8 Å². The highest BCUT2D eigenvalue weighted by Crippen LogP contribution is 2.24. The number of carbonyl (C=O) groups is 1. The number of hydrogen-bond donors (Lipinski definition) is 1. The first kappa shape index (κ1) is 19.5. The minimum atomic E-state index is -0.216. The van der Waals surface area contributed by atoms with Gasteiger partial charge in [0.1, 0.15) is 17.2 Å². The Bertz CT molecular complexity index is 944. The van der Waals surface area contributed by atoms with Gasteiger partial charge in [-0.25, -0.2) is 0 Å². The minimum Gasteiger partial charge on any atom is -0.492 e. The van der Waals surface area contributed by atoms with Crippen LogP contribution in [0.1, 0.15) is 34.2 Å². The molecule has 0 saturated heterocycles. The van der Waals surface area contributed by atoms with Crippen molar-refractivity contribution in [1.29, 1.82) is 0 Å². The van der Waals surface area contributed by atoms with Gasteiger partial charge in [0.05, 0.1) is 7.11 Å². The molecule has 0 radical (unpaired) electrons. The molecule has 0 aliphatic heterocycles. The number of carbonyl (C=O) groups excluding carboxylic acids is 1. The Labute approximate surface area is 165 Å². The Balaban J connectivity index is 1.63. The third-order valence-corrected chi connectivity index (χ3v) is 4.46. The zero-order valence-electron chi connectivity index (χ0n) is 16.7. The fraction of sp³-hybridized carbons (Fsp3) is 0.273. The van der Waals surface area contributed by atoms with Crippen LogP contribution in [0.15, 0.2) is 48.5 Å². The molecule has 0 unspecified atom stereocenters. The van der Waals surface area contributed by atoms with Crippen molar-refractivity contribution in [3.05, 3.63) is 71.0 Å². The Morgan fingerprint density at radius 2 is 1.68 bits per heavy atom. The van der Waals surface area contributed by atoms with Crippen LogP contribution in [-0.2, 0) is 20.0 Å². The molecule has 146 valence electrons. The number of amides is 1. The van der Waals surface area contributed by atoms with E-state index in [1.807, 2.05) is 62.4 Å². The number of ether oxygens (including phenoxy) is 2. The summed E-state index contributed by atoms with van der Waals surface area (Å²) < 4.78 is 12.8. The van der Waals surface area contributed by atoms with Crippen molar-refractivity contribution in [1.82, 2.24) is 15.1 Å². The molecule has 0 spiro atoms. The maximum Gasteiger partial charge on any atom is 0.273 e. The van der Waals surface area contributed by atoms with E-state index in [0.29, 0.717) is 24.4 Å². The Morgan fingerprint density at radius 3 is 2.25 bits per heavy atom. The summed E-state index contributed by atoms with van der Waals surface area (Å²) >= 11 is 0. The summed E-state index contributed by atoms with van der Waals surface area (Å²) in [6.07, 6.45) is 0.701. The number of aromatic nitrogens is 2. The Kier molecular flexibility index (Phi) is 5.99. The van der Waals surface area contributed by atoms with E-state index in [4.69, 9.17) is 9.47 Å². The highest BCUT2D eigenvalue weighted by Gasteiger charge is 2.21. The number of rotatable bonds is 7. The molecule has 6 heteroatoms. The van der Waals surface area contributed by atoms with Crippen LogP contribution in [0.3, 0.4) is 0 Å². The topological polar surface area (TPSA) is 65.4 Å². The number of nitrogens with one attached hydrogen (secondary N) is 1. The summed E-state index contributed by atoms with van der Waals surface area (Å²) in [5, 5.41) is 7.27. The Morgan fingerprint density at radius 1 is 1.07 bits per heavy atom. The average Bonchev–Trinajstić information content (AvgIpc) is 3.04. The van der Waals surface area contributed by atoms with Crippen molar-refractivity contribution in [2.45, 2.75) is 26.8 Å². The van der Waals surface area contributed by atoms with Crippen LogP contribution in [0.5, 0.6) is 17.2 Å². The second-order valence-corrected chi connectivity index (χ2v) is 6.55. The first-order valence-corrected chi connectivity index (χ1v) is 9.23. The first-order valence-electron chi connectivity index (χ1n) is 9.23. The molecule has 3 rings (SSSR count). The van der Waals surface area contributed by atoms with Gasteiger partial charge < -0.3 is 14.8 Å². The molecule has 1 N–H and O–H groups in total. The largest absolute Gasteiger partial charge is 0.492 e. The molecule has 3 aromatic rings. The second kappa shape index (κ2) is 8.61. The van der Waals surface area contributed by atoms with Crippen molar-refractivity contribution in [3.8, 4) is 17.2 Å². The lowest BCUT2D eigenvalue weighted by Gasteiger charge is -2.09. The molecule has 2 aromatic carbocycles. The van der Waals surface area contributed by atoms with Crippen LogP contribution in [0.4, 0.5) is 0 Å². The Hall–Kier alpha value is -3.28. The summed E-state index contributed by atoms with van der Waals surface area (Å²) in [5.74, 6) is 1.86. The third kappa shape index (κ3) is 4.34. The maximum atomic E-state index is 12.6. The molecule has 0 aliphatic rings. The number of benzene rings is 2. The normalized spacial score (nSPS) is 10.6. The van der Waals surface area contributed by atoms with Gasteiger partial charge >= 0.3 is 0 Å². The molecule has 1 aromatic heterocycles. The molecule has 28 heavy (non-hydrogen) atoms. The van der Waals surface area contributed by atoms with Gasteiger partial charge in [0.15, 0.2) is 11.4 Å². The fourth-order valence-corrected chi connectivity index (χ4v) is 2.94. The molecular formula is C22H25N3O3. The summed E-state index contributed by atoms with van der Waals surface area (Å²) in [7, 11) is 3.30. The molecule has 0 saturated carbocycles. The first-order chi connectivity index (χ1) is 13.5. The SMILES string of the molecule is CCc1nn(C)c(C(=O)NCc2ccc(Oc3ccc(C)cc3)cc2)c1OC. The van der Waals surface area contributed by atoms with Crippen LogP contribution in [0.25, 0.3) is 0 Å². The van der Waals surface area contributed by atoms with Crippen molar-refractivity contribution in [2.75, 3.05) is 7.11 Å². The van der Waals surface area contributed by atoms with E-state index in [2.05, 4.69) is 10.4 Å². The van der Waals surface area contributed by atoms with E-state index < -0.39 is 0 Å². The van der Waals surface area contributed by atoms with Crippen LogP contribution in [0, 0.1) is 6.92 Å². The maximum absolute atomic E-state index is 12.6. The lowest BCUT2D eigenvalue weighted by Crippen LogP contribution is -2.25. The molecule has 1 amide bonds. The van der Waals surface area contributed by atoms with Crippen molar-refractivity contribution in [2.24, 2.45) is 7.05 Å². The van der Waals surface area contributed by atoms with E-state index in [1.165, 1.54) is 5.56 Å². The minimum absolute atomic E-state index is 0.216. The summed E-state index contributed by atoms with van der Waals surface area (Å²) in [4.78, 5) is 12.6. The highest BCUT2D eigenvalue weighted by atomic mass is 16.5. The number of hydrogen-bond acceptors (Lipinski definition) is 4. The molecule has 0 atom stereocenters. The predicted molar refractivity (Wildman–Crippen MR) is 108 cm³/mol. The molecule has 0 bridgehead atoms. The summed E-state index contributed by atoms with van der Waals surface area (Å²) in [5.41, 5.74) is 3.36. The van der Waals surface area contributed by atoms with Gasteiger partial charge in [0.25, 0.3) is 5.91 Å². The smallest absolute Gasteiger partial charge is 0.273 e. The quantitative estimate of drug-likeness (QED) is 0.673. The van der Waals surface area contributed by atoms with Crippen LogP contribution in [0.2, 0.25) is 0 Å². The van der Waals surface area contributed by atoms with Crippen LogP contribution in [-0.4, -0.2) is 22.8 Å². The van der Waals surface area contributed by atoms with Gasteiger partial charge in [-0.15, -0.1) is 0 Å².